The van der Waals surface area contributed by atoms with Gasteiger partial charge < -0.3 is 10.2 Å². The summed E-state index contributed by atoms with van der Waals surface area (Å²) in [6, 6.07) is 4.65. The number of benzene rings is 1. The summed E-state index contributed by atoms with van der Waals surface area (Å²) >= 11 is 12.1. The quantitative estimate of drug-likeness (QED) is 0.745. The third-order valence-electron chi connectivity index (χ3n) is 5.63. The highest BCUT2D eigenvalue weighted by molar-refractivity contribution is 7.89. The Morgan fingerprint density at radius 3 is 2.07 bits per heavy atom. The van der Waals surface area contributed by atoms with Crippen molar-refractivity contribution >= 4 is 45.0 Å². The summed E-state index contributed by atoms with van der Waals surface area (Å²) in [6.07, 6.45) is 2.37. The maximum Gasteiger partial charge on any atom is 0.246 e. The Hall–Kier alpha value is -1.35. The van der Waals surface area contributed by atoms with Gasteiger partial charge in [-0.25, -0.2) is 8.42 Å². The van der Waals surface area contributed by atoms with E-state index < -0.39 is 10.0 Å². The molecule has 1 N–H and O–H groups in total. The minimum Gasteiger partial charge on any atom is -0.353 e. The van der Waals surface area contributed by atoms with Crippen LogP contribution >= 0.6 is 23.2 Å². The van der Waals surface area contributed by atoms with Crippen molar-refractivity contribution in [2.75, 3.05) is 26.2 Å². The first-order valence-electron chi connectivity index (χ1n) is 9.70. The van der Waals surface area contributed by atoms with Crippen LogP contribution in [0.25, 0.3) is 0 Å². The number of rotatable bonds is 4. The van der Waals surface area contributed by atoms with Crippen molar-refractivity contribution in [3.8, 4) is 0 Å². The number of carbonyl (C=O) groups is 2. The number of hydrogen-bond donors (Lipinski definition) is 1. The van der Waals surface area contributed by atoms with Crippen LogP contribution in [0.15, 0.2) is 23.1 Å². The molecule has 1 aromatic rings. The van der Waals surface area contributed by atoms with E-state index in [4.69, 9.17) is 23.2 Å². The number of halogens is 2. The zero-order valence-corrected chi connectivity index (χ0v) is 18.6. The zero-order chi connectivity index (χ0) is 21.2. The second-order valence-corrected chi connectivity index (χ2v) is 10.2. The summed E-state index contributed by atoms with van der Waals surface area (Å²) in [5, 5.41) is 3.25. The van der Waals surface area contributed by atoms with Crippen molar-refractivity contribution in [3.05, 3.63) is 28.2 Å². The van der Waals surface area contributed by atoms with Crippen molar-refractivity contribution in [2.45, 2.75) is 43.5 Å². The molecule has 160 valence electrons. The Morgan fingerprint density at radius 2 is 1.55 bits per heavy atom. The molecule has 0 aromatic heterocycles. The molecule has 10 heteroatoms. The maximum atomic E-state index is 12.9. The summed E-state index contributed by atoms with van der Waals surface area (Å²) in [6.45, 7) is 3.33. The van der Waals surface area contributed by atoms with Gasteiger partial charge in [0, 0.05) is 45.1 Å². The lowest BCUT2D eigenvalue weighted by Gasteiger charge is -2.34. The summed E-state index contributed by atoms with van der Waals surface area (Å²) in [5.74, 6) is -0.213. The Morgan fingerprint density at radius 1 is 1.00 bits per heavy atom. The molecule has 2 aliphatic heterocycles. The van der Waals surface area contributed by atoms with Crippen molar-refractivity contribution in [2.24, 2.45) is 5.92 Å². The van der Waals surface area contributed by atoms with E-state index in [1.54, 1.807) is 17.9 Å². The van der Waals surface area contributed by atoms with Crippen molar-refractivity contribution in [3.63, 3.8) is 0 Å². The Labute approximate surface area is 181 Å². The fourth-order valence-electron chi connectivity index (χ4n) is 3.87. The molecule has 3 rings (SSSR count). The van der Waals surface area contributed by atoms with Crippen LogP contribution in [0.2, 0.25) is 10.0 Å². The molecule has 2 fully saturated rings. The highest BCUT2D eigenvalue weighted by Gasteiger charge is 2.35. The zero-order valence-electron chi connectivity index (χ0n) is 16.2. The molecule has 0 spiro atoms. The van der Waals surface area contributed by atoms with Gasteiger partial charge in [0.15, 0.2) is 0 Å². The normalized spacial score (nSPS) is 19.9. The number of carbonyl (C=O) groups excluding carboxylic acids is 2. The molecular weight excluding hydrogens is 437 g/mol. The van der Waals surface area contributed by atoms with Gasteiger partial charge >= 0.3 is 0 Å². The largest absolute Gasteiger partial charge is 0.353 e. The van der Waals surface area contributed by atoms with E-state index in [1.165, 1.54) is 16.4 Å². The summed E-state index contributed by atoms with van der Waals surface area (Å²) < 4.78 is 27.2. The Bertz CT molecular complexity index is 857. The predicted octanol–water partition coefficient (Wildman–Crippen LogP) is 2.52. The third kappa shape index (κ3) is 5.05. The lowest BCUT2D eigenvalue weighted by molar-refractivity contribution is -0.130. The molecule has 2 saturated heterocycles. The number of piperidine rings is 2. The van der Waals surface area contributed by atoms with Crippen LogP contribution < -0.4 is 5.32 Å². The number of likely N-dealkylation sites (tertiary alicyclic amines) is 1. The first-order chi connectivity index (χ1) is 13.7. The van der Waals surface area contributed by atoms with Crippen LogP contribution in [-0.4, -0.2) is 61.7 Å². The number of nitrogens with zero attached hydrogens (tertiary/aromatic N) is 2. The molecule has 0 unspecified atom stereocenters. The van der Waals surface area contributed by atoms with Gasteiger partial charge in [-0.05, 0) is 37.8 Å². The van der Waals surface area contributed by atoms with Crippen molar-refractivity contribution in [1.29, 1.82) is 0 Å². The highest BCUT2D eigenvalue weighted by atomic mass is 35.5. The average molecular weight is 462 g/mol. The molecule has 2 aliphatic rings. The molecule has 7 nitrogen and oxygen atoms in total. The van der Waals surface area contributed by atoms with Gasteiger partial charge in [0.25, 0.3) is 0 Å². The van der Waals surface area contributed by atoms with Crippen LogP contribution in [0.3, 0.4) is 0 Å². The van der Waals surface area contributed by atoms with Gasteiger partial charge in [0.05, 0.1) is 10.0 Å². The first-order valence-corrected chi connectivity index (χ1v) is 11.9. The summed E-state index contributed by atoms with van der Waals surface area (Å²) in [5.41, 5.74) is 0. The maximum absolute atomic E-state index is 12.9. The number of hydrogen-bond acceptors (Lipinski definition) is 4. The summed E-state index contributed by atoms with van der Waals surface area (Å²) in [4.78, 5) is 25.7. The van der Waals surface area contributed by atoms with Gasteiger partial charge in [-0.2, -0.15) is 4.31 Å². The minimum atomic E-state index is -3.81. The number of nitrogens with one attached hydrogen (secondary N) is 1. The van der Waals surface area contributed by atoms with Crippen LogP contribution in [-0.2, 0) is 19.6 Å². The smallest absolute Gasteiger partial charge is 0.246 e. The van der Waals surface area contributed by atoms with E-state index in [9.17, 15) is 18.0 Å². The average Bonchev–Trinajstić information content (AvgIpc) is 2.68. The standard InChI is InChI=1S/C19H25Cl2N3O4S/c1-13(25)23-9-7-15(8-10-23)22-19(26)14-5-11-24(12-6-14)29(27,28)18-16(20)3-2-4-17(18)21/h2-4,14-15H,5-12H2,1H3,(H,22,26). The van der Waals surface area contributed by atoms with Crippen LogP contribution in [0, 0.1) is 5.92 Å². The molecule has 0 aliphatic carbocycles. The lowest BCUT2D eigenvalue weighted by atomic mass is 9.96. The van der Waals surface area contributed by atoms with Crippen molar-refractivity contribution in [1.82, 2.24) is 14.5 Å². The molecule has 1 aromatic carbocycles. The predicted molar refractivity (Wildman–Crippen MR) is 111 cm³/mol. The third-order valence-corrected chi connectivity index (χ3v) is 8.48. The van der Waals surface area contributed by atoms with E-state index in [1.807, 2.05) is 0 Å². The molecule has 2 amide bonds. The Kier molecular flexibility index (Phi) is 7.09. The first kappa shape index (κ1) is 22.3. The Balaban J connectivity index is 1.55. The molecule has 0 saturated carbocycles. The van der Waals surface area contributed by atoms with Gasteiger partial charge in [-0.1, -0.05) is 29.3 Å². The van der Waals surface area contributed by atoms with Crippen LogP contribution in [0.5, 0.6) is 0 Å². The fourth-order valence-corrected chi connectivity index (χ4v) is 6.44. The van der Waals surface area contributed by atoms with E-state index in [-0.39, 0.29) is 51.8 Å². The molecular formula is C19H25Cl2N3O4S. The van der Waals surface area contributed by atoms with Gasteiger partial charge in [-0.15, -0.1) is 0 Å². The second kappa shape index (κ2) is 9.20. The van der Waals surface area contributed by atoms with E-state index in [2.05, 4.69) is 5.32 Å². The van der Waals surface area contributed by atoms with E-state index >= 15 is 0 Å². The molecule has 0 radical (unpaired) electrons. The monoisotopic (exact) mass is 461 g/mol. The lowest BCUT2D eigenvalue weighted by Crippen LogP contribution is -2.49. The highest BCUT2D eigenvalue weighted by Crippen LogP contribution is 2.33. The SMILES string of the molecule is CC(=O)N1CCC(NC(=O)C2CCN(S(=O)(=O)c3c(Cl)cccc3Cl)CC2)CC1. The van der Waals surface area contributed by atoms with Gasteiger partial charge in [0.1, 0.15) is 4.90 Å². The number of sulfonamides is 1. The van der Waals surface area contributed by atoms with Crippen LogP contribution in [0.4, 0.5) is 0 Å². The molecule has 0 bridgehead atoms. The van der Waals surface area contributed by atoms with Gasteiger partial charge in [-0.3, -0.25) is 9.59 Å². The van der Waals surface area contributed by atoms with Crippen molar-refractivity contribution < 1.29 is 18.0 Å². The summed E-state index contributed by atoms with van der Waals surface area (Å²) in [7, 11) is -3.81. The minimum absolute atomic E-state index is 0.0425. The molecule has 0 atom stereocenters. The number of amides is 2. The van der Waals surface area contributed by atoms with Crippen LogP contribution in [0.1, 0.15) is 32.6 Å². The fraction of sp³-hybridized carbons (Fsp3) is 0.579. The van der Waals surface area contributed by atoms with E-state index in [0.29, 0.717) is 25.9 Å². The topological polar surface area (TPSA) is 86.8 Å². The van der Waals surface area contributed by atoms with E-state index in [0.717, 1.165) is 12.8 Å². The molecule has 2 heterocycles. The molecule has 29 heavy (non-hydrogen) atoms. The second-order valence-electron chi connectivity index (χ2n) is 7.52. The van der Waals surface area contributed by atoms with Gasteiger partial charge in [0.2, 0.25) is 21.8 Å².